The number of hydrogen-bond donors (Lipinski definition) is 0. The summed E-state index contributed by atoms with van der Waals surface area (Å²) in [6.45, 7) is 6.01. The van der Waals surface area contributed by atoms with Crippen molar-refractivity contribution in [2.45, 2.75) is 20.8 Å². The number of carbonyl (C=O) groups is 1. The summed E-state index contributed by atoms with van der Waals surface area (Å²) in [5.74, 6) is 0.130. The zero-order valence-electron chi connectivity index (χ0n) is 16.5. The van der Waals surface area contributed by atoms with Gasteiger partial charge in [0.1, 0.15) is 5.75 Å². The van der Waals surface area contributed by atoms with Crippen molar-refractivity contribution in [3.05, 3.63) is 94.0 Å². The molecular formula is C25H20ClNO2. The van der Waals surface area contributed by atoms with Gasteiger partial charge in [-0.3, -0.25) is 0 Å². The number of fused-ring (bicyclic) bond motifs is 1. The molecule has 29 heavy (non-hydrogen) atoms. The van der Waals surface area contributed by atoms with E-state index >= 15 is 0 Å². The molecule has 0 N–H and O–H groups in total. The molecule has 0 fully saturated rings. The quantitative estimate of drug-likeness (QED) is 0.283. The Balaban J connectivity index is 1.82. The minimum absolute atomic E-state index is 0.401. The monoisotopic (exact) mass is 401 g/mol. The van der Waals surface area contributed by atoms with Crippen LogP contribution in [0.25, 0.3) is 22.2 Å². The maximum Gasteiger partial charge on any atom is 0.344 e. The third kappa shape index (κ3) is 4.01. The highest BCUT2D eigenvalue weighted by Crippen LogP contribution is 2.28. The lowest BCUT2D eigenvalue weighted by atomic mass is 10.0. The Morgan fingerprint density at radius 3 is 2.34 bits per heavy atom. The summed E-state index contributed by atoms with van der Waals surface area (Å²) >= 11 is 6.01. The van der Waals surface area contributed by atoms with E-state index in [4.69, 9.17) is 21.3 Å². The molecule has 1 aromatic heterocycles. The maximum absolute atomic E-state index is 13.1. The predicted molar refractivity (Wildman–Crippen MR) is 118 cm³/mol. The summed E-state index contributed by atoms with van der Waals surface area (Å²) in [5, 5.41) is 1.43. The van der Waals surface area contributed by atoms with E-state index < -0.39 is 5.97 Å². The number of hydrogen-bond acceptors (Lipinski definition) is 3. The molecule has 0 spiro atoms. The van der Waals surface area contributed by atoms with Gasteiger partial charge in [-0.1, -0.05) is 41.4 Å². The number of benzene rings is 3. The number of aryl methyl sites for hydroxylation is 3. The minimum atomic E-state index is -0.401. The van der Waals surface area contributed by atoms with Crippen molar-refractivity contribution in [3.63, 3.8) is 0 Å². The van der Waals surface area contributed by atoms with Crippen molar-refractivity contribution in [1.82, 2.24) is 4.98 Å². The fraction of sp³-hybridized carbons (Fsp3) is 0.120. The van der Waals surface area contributed by atoms with Gasteiger partial charge in [-0.05, 0) is 74.4 Å². The van der Waals surface area contributed by atoms with Gasteiger partial charge in [0, 0.05) is 16.0 Å². The number of pyridine rings is 1. The van der Waals surface area contributed by atoms with Crippen LogP contribution in [0.15, 0.2) is 66.7 Å². The molecule has 0 amide bonds. The van der Waals surface area contributed by atoms with Crippen LogP contribution < -0.4 is 4.74 Å². The van der Waals surface area contributed by atoms with Gasteiger partial charge < -0.3 is 4.74 Å². The second kappa shape index (κ2) is 7.69. The number of rotatable bonds is 3. The first kappa shape index (κ1) is 19.2. The summed E-state index contributed by atoms with van der Waals surface area (Å²) in [5.41, 5.74) is 6.10. The van der Waals surface area contributed by atoms with Crippen LogP contribution in [0.5, 0.6) is 5.75 Å². The normalized spacial score (nSPS) is 10.9. The number of ether oxygens (including phenoxy) is 1. The van der Waals surface area contributed by atoms with Gasteiger partial charge in [0.05, 0.1) is 16.8 Å². The van der Waals surface area contributed by atoms with Crippen LogP contribution in [0.3, 0.4) is 0 Å². The van der Waals surface area contributed by atoms with Crippen molar-refractivity contribution in [2.75, 3.05) is 0 Å². The Bertz CT molecular complexity index is 1230. The van der Waals surface area contributed by atoms with Crippen molar-refractivity contribution < 1.29 is 9.53 Å². The Kier molecular flexibility index (Phi) is 5.08. The van der Waals surface area contributed by atoms with Crippen LogP contribution in [0.2, 0.25) is 5.02 Å². The molecule has 1 heterocycles. The average Bonchev–Trinajstić information content (AvgIpc) is 2.70. The average molecular weight is 402 g/mol. The number of carbonyl (C=O) groups excluding carboxylic acids is 1. The van der Waals surface area contributed by atoms with Crippen molar-refractivity contribution >= 4 is 28.5 Å². The number of halogens is 1. The van der Waals surface area contributed by atoms with Gasteiger partial charge in [-0.15, -0.1) is 0 Å². The van der Waals surface area contributed by atoms with Gasteiger partial charge in [-0.2, -0.15) is 0 Å². The molecule has 3 nitrogen and oxygen atoms in total. The van der Waals surface area contributed by atoms with Crippen LogP contribution in [-0.4, -0.2) is 11.0 Å². The fourth-order valence-corrected chi connectivity index (χ4v) is 3.34. The molecule has 0 unspecified atom stereocenters. The van der Waals surface area contributed by atoms with Gasteiger partial charge in [-0.25, -0.2) is 9.78 Å². The Morgan fingerprint density at radius 2 is 1.62 bits per heavy atom. The zero-order valence-corrected chi connectivity index (χ0v) is 17.2. The molecule has 0 saturated carbocycles. The second-order valence-electron chi connectivity index (χ2n) is 7.22. The van der Waals surface area contributed by atoms with Crippen molar-refractivity contribution in [1.29, 1.82) is 0 Å². The van der Waals surface area contributed by atoms with E-state index in [2.05, 4.69) is 0 Å². The summed E-state index contributed by atoms with van der Waals surface area (Å²) < 4.78 is 5.71. The highest BCUT2D eigenvalue weighted by atomic mass is 35.5. The molecule has 0 radical (unpaired) electrons. The lowest BCUT2D eigenvalue weighted by Gasteiger charge is -2.11. The van der Waals surface area contributed by atoms with Crippen molar-refractivity contribution in [3.8, 4) is 17.0 Å². The van der Waals surface area contributed by atoms with Gasteiger partial charge in [0.2, 0.25) is 0 Å². The third-order valence-electron chi connectivity index (χ3n) is 5.01. The van der Waals surface area contributed by atoms with Gasteiger partial charge >= 0.3 is 5.97 Å². The molecular weight excluding hydrogens is 382 g/mol. The Labute approximate surface area is 174 Å². The standard InChI is InChI=1S/C25H20ClNO2/c1-15-4-11-23-21(12-15)22(14-24(27-23)18-6-8-19(26)9-7-18)25(28)29-20-10-5-16(2)17(3)13-20/h4-14H,1-3H3. The molecule has 3 aromatic carbocycles. The predicted octanol–water partition coefficient (Wildman–Crippen LogP) is 6.70. The van der Waals surface area contributed by atoms with E-state index in [1.165, 1.54) is 0 Å². The molecule has 0 saturated heterocycles. The van der Waals surface area contributed by atoms with E-state index in [1.54, 1.807) is 6.07 Å². The van der Waals surface area contributed by atoms with E-state index in [0.29, 0.717) is 22.0 Å². The van der Waals surface area contributed by atoms with Crippen molar-refractivity contribution in [2.24, 2.45) is 0 Å². The molecule has 4 aromatic rings. The van der Waals surface area contributed by atoms with E-state index in [1.807, 2.05) is 81.4 Å². The Morgan fingerprint density at radius 1 is 0.862 bits per heavy atom. The minimum Gasteiger partial charge on any atom is -0.423 e. The molecule has 4 rings (SSSR count). The highest BCUT2D eigenvalue weighted by molar-refractivity contribution is 6.30. The number of aromatic nitrogens is 1. The first-order valence-electron chi connectivity index (χ1n) is 9.37. The lowest BCUT2D eigenvalue weighted by molar-refractivity contribution is 0.0736. The molecule has 0 atom stereocenters. The Hall–Kier alpha value is -3.17. The molecule has 0 aliphatic carbocycles. The van der Waals surface area contributed by atoms with E-state index in [0.717, 1.165) is 33.2 Å². The van der Waals surface area contributed by atoms with Gasteiger partial charge in [0.15, 0.2) is 0 Å². The number of nitrogens with zero attached hydrogens (tertiary/aromatic N) is 1. The largest absolute Gasteiger partial charge is 0.423 e. The first-order chi connectivity index (χ1) is 13.9. The first-order valence-corrected chi connectivity index (χ1v) is 9.75. The van der Waals surface area contributed by atoms with Crippen LogP contribution >= 0.6 is 11.6 Å². The van der Waals surface area contributed by atoms with Crippen LogP contribution in [0, 0.1) is 20.8 Å². The molecule has 0 aliphatic heterocycles. The summed E-state index contributed by atoms with van der Waals surface area (Å²) in [6.07, 6.45) is 0. The topological polar surface area (TPSA) is 39.2 Å². The lowest BCUT2D eigenvalue weighted by Crippen LogP contribution is -2.10. The SMILES string of the molecule is Cc1ccc2nc(-c3ccc(Cl)cc3)cc(C(=O)Oc3ccc(C)c(C)c3)c2c1. The fourth-order valence-electron chi connectivity index (χ4n) is 3.22. The van der Waals surface area contributed by atoms with Gasteiger partial charge in [0.25, 0.3) is 0 Å². The highest BCUT2D eigenvalue weighted by Gasteiger charge is 2.17. The van der Waals surface area contributed by atoms with Crippen LogP contribution in [-0.2, 0) is 0 Å². The van der Waals surface area contributed by atoms with Crippen LogP contribution in [0.4, 0.5) is 0 Å². The molecule has 0 bridgehead atoms. The van der Waals surface area contributed by atoms with E-state index in [-0.39, 0.29) is 0 Å². The smallest absolute Gasteiger partial charge is 0.344 e. The number of esters is 1. The third-order valence-corrected chi connectivity index (χ3v) is 5.26. The molecule has 0 aliphatic rings. The summed E-state index contributed by atoms with van der Waals surface area (Å²) in [4.78, 5) is 17.8. The summed E-state index contributed by atoms with van der Waals surface area (Å²) in [7, 11) is 0. The second-order valence-corrected chi connectivity index (χ2v) is 7.65. The summed E-state index contributed by atoms with van der Waals surface area (Å²) in [6, 6.07) is 20.7. The van der Waals surface area contributed by atoms with Crippen LogP contribution in [0.1, 0.15) is 27.0 Å². The molecule has 144 valence electrons. The van der Waals surface area contributed by atoms with E-state index in [9.17, 15) is 4.79 Å². The maximum atomic E-state index is 13.1. The zero-order chi connectivity index (χ0) is 20.5. The molecule has 4 heteroatoms.